The number of rotatable bonds is 2. The molecule has 31 heavy (non-hydrogen) atoms. The molecule has 0 aromatic heterocycles. The van der Waals surface area contributed by atoms with Gasteiger partial charge in [0.1, 0.15) is 5.69 Å². The number of nitrogens with zero attached hydrogens (tertiary/aromatic N) is 2. The van der Waals surface area contributed by atoms with Crippen molar-refractivity contribution in [2.45, 2.75) is 0 Å². The summed E-state index contributed by atoms with van der Waals surface area (Å²) in [7, 11) is 12.4. The second kappa shape index (κ2) is 15.4. The van der Waals surface area contributed by atoms with Crippen LogP contribution in [0.4, 0.5) is 11.4 Å². The van der Waals surface area contributed by atoms with Crippen LogP contribution >= 0.6 is 0 Å². The van der Waals surface area contributed by atoms with E-state index in [1.807, 2.05) is 0 Å². The first-order chi connectivity index (χ1) is 12.9. The van der Waals surface area contributed by atoms with Gasteiger partial charge in [0, 0.05) is 110 Å². The number of hydrogen-bond acceptors (Lipinski definition) is 1. The van der Waals surface area contributed by atoms with Crippen molar-refractivity contribution in [2.24, 2.45) is 0 Å². The summed E-state index contributed by atoms with van der Waals surface area (Å²) in [6.07, 6.45) is 0. The van der Waals surface area contributed by atoms with E-state index in [1.54, 1.807) is 0 Å². The maximum absolute atomic E-state index is 4.13. The Kier molecular flexibility index (Phi) is 16.7. The fraction of sp³-hybridized carbons (Fsp3) is 0.154. The van der Waals surface area contributed by atoms with Crippen molar-refractivity contribution in [1.29, 1.82) is 0 Å². The molecular weight excluding hydrogens is 607 g/mol. The third kappa shape index (κ3) is 8.97. The van der Waals surface area contributed by atoms with E-state index < -0.39 is 0 Å². The minimum absolute atomic E-state index is 0. The summed E-state index contributed by atoms with van der Waals surface area (Å²) in [5.41, 5.74) is 2.53. The third-order valence-electron chi connectivity index (χ3n) is 4.67. The Bertz CT molecular complexity index is 1050. The van der Waals surface area contributed by atoms with Gasteiger partial charge in [-0.2, -0.15) is 0 Å². The van der Waals surface area contributed by atoms with Crippen molar-refractivity contribution in [3.63, 3.8) is 0 Å². The van der Waals surface area contributed by atoms with Crippen LogP contribution < -0.4 is 9.38 Å². The van der Waals surface area contributed by atoms with Crippen LogP contribution in [0, 0.1) is 14.5 Å². The molecule has 0 atom stereocenters. The van der Waals surface area contributed by atoms with E-state index in [-0.39, 0.29) is 106 Å². The summed E-state index contributed by atoms with van der Waals surface area (Å²) in [4.78, 5) is 2.14. The van der Waals surface area contributed by atoms with Crippen LogP contribution in [-0.2, 0) is 98.1 Å². The summed E-state index contributed by atoms with van der Waals surface area (Å²) in [6.45, 7) is 0. The first-order valence-electron chi connectivity index (χ1n) is 9.20. The molecule has 0 saturated carbocycles. The monoisotopic (exact) mass is 638 g/mol. The van der Waals surface area contributed by atoms with Gasteiger partial charge in [-0.1, -0.05) is 66.7 Å². The van der Waals surface area contributed by atoms with E-state index in [9.17, 15) is 0 Å². The van der Waals surface area contributed by atoms with E-state index in [0.29, 0.717) is 4.48 Å². The van der Waals surface area contributed by atoms with Gasteiger partial charge in [0.25, 0.3) is 0 Å². The van der Waals surface area contributed by atoms with Crippen molar-refractivity contribution in [3.05, 3.63) is 99.4 Å². The standard InChI is InChI=1S/C13H15N.C12H13N.CH3.3Y/c1-14(2,3)13-10-6-8-11-7-4-5-9-12(11)13;1-13(2)12-9-5-7-10-6-3-4-8-11(10)12;;;;/h4-10H,1H2,2-3H3;3-9H,1-2H3;1H3;;;/q;;-1;;;+3. The van der Waals surface area contributed by atoms with Gasteiger partial charge in [0.05, 0.1) is 0 Å². The number of quaternary nitrogens is 1. The molecule has 0 fully saturated rings. The maximum atomic E-state index is 4.13. The fourth-order valence-electron chi connectivity index (χ4n) is 3.33. The van der Waals surface area contributed by atoms with Crippen molar-refractivity contribution in [3.8, 4) is 0 Å². The van der Waals surface area contributed by atoms with Gasteiger partial charge in [0.2, 0.25) is 0 Å². The quantitative estimate of drug-likeness (QED) is 0.178. The normalized spacial score (nSPS) is 9.71. The summed E-state index contributed by atoms with van der Waals surface area (Å²) in [6, 6.07) is 29.6. The minimum Gasteiger partial charge on any atom is -0.428 e. The predicted molar refractivity (Wildman–Crippen MR) is 128 cm³/mol. The second-order valence-electron chi connectivity index (χ2n) is 7.58. The molecule has 4 rings (SSSR count). The largest absolute Gasteiger partial charge is 3.00 e. The van der Waals surface area contributed by atoms with Crippen LogP contribution in [0.5, 0.6) is 0 Å². The summed E-state index contributed by atoms with van der Waals surface area (Å²) < 4.78 is 0.612. The smallest absolute Gasteiger partial charge is 0.428 e. The molecule has 0 saturated heterocycles. The van der Waals surface area contributed by atoms with E-state index in [2.05, 4.69) is 125 Å². The van der Waals surface area contributed by atoms with Crippen molar-refractivity contribution >= 4 is 32.9 Å². The average molecular weight is 638 g/mol. The van der Waals surface area contributed by atoms with Crippen molar-refractivity contribution < 1.29 is 98.1 Å². The van der Waals surface area contributed by atoms with Crippen LogP contribution in [0.3, 0.4) is 0 Å². The Morgan fingerprint density at radius 1 is 0.645 bits per heavy atom. The number of hydrogen-bond donors (Lipinski definition) is 0. The summed E-state index contributed by atoms with van der Waals surface area (Å²) in [5.74, 6) is 0. The molecule has 0 spiro atoms. The van der Waals surface area contributed by atoms with E-state index in [1.165, 1.54) is 32.9 Å². The van der Waals surface area contributed by atoms with Gasteiger partial charge in [-0.25, -0.2) is 0 Å². The van der Waals surface area contributed by atoms with Crippen LogP contribution in [0.1, 0.15) is 0 Å². The summed E-state index contributed by atoms with van der Waals surface area (Å²) >= 11 is 0. The molecule has 0 aliphatic rings. The molecule has 2 radical (unpaired) electrons. The zero-order valence-corrected chi connectivity index (χ0v) is 27.9. The molecule has 0 bridgehead atoms. The molecule has 2 nitrogen and oxygen atoms in total. The van der Waals surface area contributed by atoms with E-state index in [0.717, 1.165) is 0 Å². The number of anilines is 1. The number of fused-ring (bicyclic) bond motifs is 2. The molecule has 5 heteroatoms. The third-order valence-corrected chi connectivity index (χ3v) is 4.67. The minimum atomic E-state index is 0. The SMILES string of the molecule is CN(C)c1cccc2ccccc12.[CH2-][N+](C)(C)c1cccc2ccccc12.[CH3-].[Y+3].[Y].[Y]. The average Bonchev–Trinajstić information content (AvgIpc) is 2.67. The zero-order valence-electron chi connectivity index (χ0n) is 19.4. The van der Waals surface area contributed by atoms with Crippen LogP contribution in [-0.4, -0.2) is 28.2 Å². The molecule has 4 aromatic rings. The molecule has 4 aromatic carbocycles. The van der Waals surface area contributed by atoms with Gasteiger partial charge >= 0.3 is 32.7 Å². The Hall–Kier alpha value is 0.472. The number of benzene rings is 4. The van der Waals surface area contributed by atoms with Gasteiger partial charge in [-0.3, -0.25) is 0 Å². The topological polar surface area (TPSA) is 3.24 Å². The van der Waals surface area contributed by atoms with Crippen LogP contribution in [0.25, 0.3) is 21.5 Å². The molecule has 0 N–H and O–H groups in total. The van der Waals surface area contributed by atoms with E-state index in [4.69, 9.17) is 0 Å². The van der Waals surface area contributed by atoms with Gasteiger partial charge < -0.3 is 16.8 Å². The Morgan fingerprint density at radius 2 is 1.06 bits per heavy atom. The molecule has 152 valence electrons. The van der Waals surface area contributed by atoms with Crippen LogP contribution in [0.15, 0.2) is 84.9 Å². The molecule has 0 aliphatic carbocycles. The molecule has 0 amide bonds. The molecule has 0 aliphatic heterocycles. The second-order valence-corrected chi connectivity index (χ2v) is 7.58. The Labute approximate surface area is 264 Å². The predicted octanol–water partition coefficient (Wildman–Crippen LogP) is 6.55. The maximum Gasteiger partial charge on any atom is 3.00 e. The first-order valence-corrected chi connectivity index (χ1v) is 9.20. The Morgan fingerprint density at radius 3 is 1.58 bits per heavy atom. The first kappa shape index (κ1) is 33.6. The van der Waals surface area contributed by atoms with Crippen molar-refractivity contribution in [2.75, 3.05) is 33.1 Å². The van der Waals surface area contributed by atoms with Gasteiger partial charge in [-0.15, -0.1) is 7.05 Å². The molecule has 0 unspecified atom stereocenters. The molecular formula is C26H31N2Y3+2. The fourth-order valence-corrected chi connectivity index (χ4v) is 3.33. The Balaban J connectivity index is 0. The zero-order chi connectivity index (χ0) is 19.4. The molecule has 0 heterocycles. The summed E-state index contributed by atoms with van der Waals surface area (Å²) in [5, 5.41) is 5.18. The van der Waals surface area contributed by atoms with Gasteiger partial charge in [0.15, 0.2) is 0 Å². The van der Waals surface area contributed by atoms with E-state index >= 15 is 0 Å². The van der Waals surface area contributed by atoms with Gasteiger partial charge in [-0.05, 0) is 29.0 Å². The van der Waals surface area contributed by atoms with Crippen LogP contribution in [0.2, 0.25) is 0 Å². The van der Waals surface area contributed by atoms with Crippen molar-refractivity contribution in [1.82, 2.24) is 4.48 Å².